The second kappa shape index (κ2) is 7.47. The molecule has 1 aliphatic carbocycles. The lowest BCUT2D eigenvalue weighted by molar-refractivity contribution is 0.227. The monoisotopic (exact) mass is 327 g/mol. The highest BCUT2D eigenvalue weighted by atomic mass is 16.2. The topological polar surface area (TPSA) is 71.8 Å². The summed E-state index contributed by atoms with van der Waals surface area (Å²) in [7, 11) is 1.87. The van der Waals surface area contributed by atoms with Crippen molar-refractivity contribution in [2.45, 2.75) is 50.6 Å². The first-order valence-electron chi connectivity index (χ1n) is 8.59. The molecule has 0 unspecified atom stereocenters. The van der Waals surface area contributed by atoms with E-state index in [1.807, 2.05) is 18.5 Å². The summed E-state index contributed by atoms with van der Waals surface area (Å²) in [5, 5.41) is 13.9. The molecule has 2 N–H and O–H groups in total. The number of urea groups is 1. The van der Waals surface area contributed by atoms with Gasteiger partial charge < -0.3 is 15.2 Å². The Hall–Kier alpha value is -2.37. The van der Waals surface area contributed by atoms with Crippen molar-refractivity contribution in [3.8, 4) is 0 Å². The van der Waals surface area contributed by atoms with Crippen molar-refractivity contribution in [2.75, 3.05) is 0 Å². The highest BCUT2D eigenvalue weighted by Gasteiger charge is 2.24. The Morgan fingerprint density at radius 2 is 1.92 bits per heavy atom. The van der Waals surface area contributed by atoms with Crippen LogP contribution in [0.1, 0.15) is 56.0 Å². The van der Waals surface area contributed by atoms with Crippen LogP contribution in [0.25, 0.3) is 0 Å². The minimum atomic E-state index is -0.168. The van der Waals surface area contributed by atoms with Crippen LogP contribution in [0.15, 0.2) is 36.7 Å². The lowest BCUT2D eigenvalue weighted by atomic mass is 9.82. The van der Waals surface area contributed by atoms with Gasteiger partial charge >= 0.3 is 6.03 Å². The highest BCUT2D eigenvalue weighted by molar-refractivity contribution is 5.74. The average molecular weight is 327 g/mol. The molecule has 1 saturated carbocycles. The Morgan fingerprint density at radius 1 is 1.21 bits per heavy atom. The van der Waals surface area contributed by atoms with E-state index in [-0.39, 0.29) is 18.1 Å². The second-order valence-electron chi connectivity index (χ2n) is 6.60. The van der Waals surface area contributed by atoms with Gasteiger partial charge in [-0.1, -0.05) is 30.3 Å². The van der Waals surface area contributed by atoms with Crippen LogP contribution in [-0.4, -0.2) is 26.8 Å². The Kier molecular flexibility index (Phi) is 5.13. The van der Waals surface area contributed by atoms with E-state index >= 15 is 0 Å². The van der Waals surface area contributed by atoms with E-state index in [4.69, 9.17) is 0 Å². The van der Waals surface area contributed by atoms with Crippen LogP contribution in [0, 0.1) is 0 Å². The lowest BCUT2D eigenvalue weighted by Crippen LogP contribution is -2.44. The largest absolute Gasteiger partial charge is 0.335 e. The van der Waals surface area contributed by atoms with E-state index in [9.17, 15) is 4.79 Å². The summed E-state index contributed by atoms with van der Waals surface area (Å²) in [6.45, 7) is 1.91. The first kappa shape index (κ1) is 16.5. The minimum absolute atomic E-state index is 0.131. The highest BCUT2D eigenvalue weighted by Crippen LogP contribution is 2.32. The van der Waals surface area contributed by atoms with Crippen molar-refractivity contribution >= 4 is 6.03 Å². The number of aromatic nitrogens is 3. The van der Waals surface area contributed by atoms with Gasteiger partial charge in [-0.2, -0.15) is 0 Å². The quantitative estimate of drug-likeness (QED) is 0.907. The van der Waals surface area contributed by atoms with Gasteiger partial charge in [0.1, 0.15) is 6.33 Å². The van der Waals surface area contributed by atoms with Gasteiger partial charge in [0.2, 0.25) is 0 Å². The molecule has 1 aliphatic rings. The van der Waals surface area contributed by atoms with Gasteiger partial charge in [-0.3, -0.25) is 0 Å². The zero-order chi connectivity index (χ0) is 16.9. The smallest absolute Gasteiger partial charge is 0.315 e. The van der Waals surface area contributed by atoms with Crippen molar-refractivity contribution in [1.29, 1.82) is 0 Å². The Labute approximate surface area is 142 Å². The summed E-state index contributed by atoms with van der Waals surface area (Å²) in [6, 6.07) is 10.6. The molecule has 0 spiro atoms. The maximum atomic E-state index is 12.2. The summed E-state index contributed by atoms with van der Waals surface area (Å²) < 4.78 is 1.82. The van der Waals surface area contributed by atoms with Gasteiger partial charge in [0, 0.05) is 13.1 Å². The predicted molar refractivity (Wildman–Crippen MR) is 92.5 cm³/mol. The zero-order valence-corrected chi connectivity index (χ0v) is 14.3. The van der Waals surface area contributed by atoms with Gasteiger partial charge in [-0.15, -0.1) is 10.2 Å². The maximum absolute atomic E-state index is 12.2. The predicted octanol–water partition coefficient (Wildman–Crippen LogP) is 2.90. The average Bonchev–Trinajstić information content (AvgIpc) is 3.02. The number of hydrogen-bond donors (Lipinski definition) is 2. The maximum Gasteiger partial charge on any atom is 0.315 e. The number of carbonyl (C=O) groups is 1. The molecule has 1 fully saturated rings. The Morgan fingerprint density at radius 3 is 2.54 bits per heavy atom. The fourth-order valence-electron chi connectivity index (χ4n) is 3.47. The van der Waals surface area contributed by atoms with Crippen LogP contribution in [0.2, 0.25) is 0 Å². The molecule has 1 aromatic carbocycles. The van der Waals surface area contributed by atoms with Gasteiger partial charge in [0.15, 0.2) is 5.82 Å². The van der Waals surface area contributed by atoms with Crippen molar-refractivity contribution in [3.63, 3.8) is 0 Å². The number of nitrogens with one attached hydrogen (secondary N) is 2. The van der Waals surface area contributed by atoms with Gasteiger partial charge in [-0.05, 0) is 44.1 Å². The Balaban J connectivity index is 1.46. The van der Waals surface area contributed by atoms with Gasteiger partial charge in [-0.25, -0.2) is 4.79 Å². The van der Waals surface area contributed by atoms with Crippen LogP contribution in [0.3, 0.4) is 0 Å². The van der Waals surface area contributed by atoms with E-state index in [0.29, 0.717) is 5.92 Å². The molecule has 2 amide bonds. The SMILES string of the molecule is C[C@@H](NC(=O)NC1CCC(c2ccccc2)CC1)c1nncn1C. The molecule has 6 heteroatoms. The number of hydrogen-bond acceptors (Lipinski definition) is 3. The molecule has 6 nitrogen and oxygen atoms in total. The number of rotatable bonds is 4. The van der Waals surface area contributed by atoms with Crippen LogP contribution in [-0.2, 0) is 7.05 Å². The van der Waals surface area contributed by atoms with Crippen molar-refractivity contribution in [1.82, 2.24) is 25.4 Å². The van der Waals surface area contributed by atoms with E-state index in [0.717, 1.165) is 31.5 Å². The summed E-state index contributed by atoms with van der Waals surface area (Å²) in [5.74, 6) is 1.36. The van der Waals surface area contributed by atoms with Crippen molar-refractivity contribution in [3.05, 3.63) is 48.0 Å². The third-order valence-corrected chi connectivity index (χ3v) is 4.81. The van der Waals surface area contributed by atoms with Crippen LogP contribution in [0.5, 0.6) is 0 Å². The van der Waals surface area contributed by atoms with E-state index in [2.05, 4.69) is 51.2 Å². The third kappa shape index (κ3) is 3.93. The molecule has 24 heavy (non-hydrogen) atoms. The molecular weight excluding hydrogens is 302 g/mol. The van der Waals surface area contributed by atoms with Gasteiger partial charge in [0.05, 0.1) is 6.04 Å². The molecule has 1 atom stereocenters. The first-order valence-corrected chi connectivity index (χ1v) is 8.59. The summed E-state index contributed by atoms with van der Waals surface area (Å²) in [4.78, 5) is 12.2. The summed E-state index contributed by atoms with van der Waals surface area (Å²) >= 11 is 0. The van der Waals surface area contributed by atoms with E-state index in [1.54, 1.807) is 6.33 Å². The van der Waals surface area contributed by atoms with Crippen LogP contribution < -0.4 is 10.6 Å². The fraction of sp³-hybridized carbons (Fsp3) is 0.500. The number of benzene rings is 1. The molecule has 0 bridgehead atoms. The summed E-state index contributed by atoms with van der Waals surface area (Å²) in [6.07, 6.45) is 5.91. The number of nitrogens with zero attached hydrogens (tertiary/aromatic N) is 3. The van der Waals surface area contributed by atoms with Crippen LogP contribution >= 0.6 is 0 Å². The Bertz CT molecular complexity index is 661. The standard InChI is InChI=1S/C18H25N5O/c1-13(17-22-19-12-23(17)2)20-18(24)21-16-10-8-15(9-11-16)14-6-4-3-5-7-14/h3-7,12-13,15-16H,8-11H2,1-2H3,(H2,20,21,24)/t13-,15?,16?/m1/s1. The molecule has 1 aromatic heterocycles. The molecule has 3 rings (SSSR count). The normalized spacial score (nSPS) is 21.9. The minimum Gasteiger partial charge on any atom is -0.335 e. The molecule has 128 valence electrons. The number of amides is 2. The first-order chi connectivity index (χ1) is 11.6. The lowest BCUT2D eigenvalue weighted by Gasteiger charge is -2.29. The molecular formula is C18H25N5O. The van der Waals surface area contributed by atoms with Crippen molar-refractivity contribution < 1.29 is 4.79 Å². The van der Waals surface area contributed by atoms with Crippen LogP contribution in [0.4, 0.5) is 4.79 Å². The van der Waals surface area contributed by atoms with Crippen molar-refractivity contribution in [2.24, 2.45) is 7.05 Å². The fourth-order valence-corrected chi connectivity index (χ4v) is 3.47. The molecule has 2 aromatic rings. The zero-order valence-electron chi connectivity index (χ0n) is 14.3. The molecule has 1 heterocycles. The molecule has 0 aliphatic heterocycles. The third-order valence-electron chi connectivity index (χ3n) is 4.81. The number of carbonyl (C=O) groups excluding carboxylic acids is 1. The molecule has 0 saturated heterocycles. The van der Waals surface area contributed by atoms with Gasteiger partial charge in [0.25, 0.3) is 0 Å². The summed E-state index contributed by atoms with van der Waals surface area (Å²) in [5.41, 5.74) is 1.41. The molecule has 0 radical (unpaired) electrons. The second-order valence-corrected chi connectivity index (χ2v) is 6.60. The number of aryl methyl sites for hydroxylation is 1. The van der Waals surface area contributed by atoms with E-state index in [1.165, 1.54) is 5.56 Å². The van der Waals surface area contributed by atoms with E-state index < -0.39 is 0 Å².